The average Bonchev–Trinajstić information content (AvgIpc) is 2.90. The van der Waals surface area contributed by atoms with Crippen LogP contribution in [0.2, 0.25) is 0 Å². The van der Waals surface area contributed by atoms with E-state index in [1.54, 1.807) is 0 Å². The highest BCUT2D eigenvalue weighted by atomic mass is 16.5. The van der Waals surface area contributed by atoms with Crippen LogP contribution in [0, 0.1) is 11.8 Å². The molecule has 0 bridgehead atoms. The van der Waals surface area contributed by atoms with Crippen molar-refractivity contribution >= 4 is 0 Å². The molecule has 1 fully saturated rings. The second-order valence-electron chi connectivity index (χ2n) is 5.43. The van der Waals surface area contributed by atoms with E-state index in [9.17, 15) is 0 Å². The Morgan fingerprint density at radius 1 is 1.50 bits per heavy atom. The Morgan fingerprint density at radius 2 is 2.33 bits per heavy atom. The first-order valence-electron chi connectivity index (χ1n) is 6.74. The Bertz CT molecular complexity index is 365. The molecule has 6 nitrogen and oxygen atoms in total. The van der Waals surface area contributed by atoms with E-state index in [0.29, 0.717) is 17.9 Å². The predicted molar refractivity (Wildman–Crippen MR) is 67.9 cm³/mol. The van der Waals surface area contributed by atoms with Crippen LogP contribution in [0.4, 0.5) is 0 Å². The van der Waals surface area contributed by atoms with Crippen LogP contribution in [0.1, 0.15) is 33.0 Å². The van der Waals surface area contributed by atoms with E-state index >= 15 is 0 Å². The third-order valence-corrected chi connectivity index (χ3v) is 3.38. The number of rotatable bonds is 6. The Morgan fingerprint density at radius 3 is 3.00 bits per heavy atom. The van der Waals surface area contributed by atoms with Gasteiger partial charge in [0.05, 0.1) is 19.2 Å². The van der Waals surface area contributed by atoms with E-state index in [0.717, 1.165) is 38.5 Å². The van der Waals surface area contributed by atoms with Crippen molar-refractivity contribution in [2.45, 2.75) is 46.4 Å². The number of aromatic nitrogens is 4. The van der Waals surface area contributed by atoms with E-state index < -0.39 is 0 Å². The maximum atomic E-state index is 5.57. The van der Waals surface area contributed by atoms with Gasteiger partial charge in [-0.15, -0.1) is 5.10 Å². The first-order chi connectivity index (χ1) is 8.66. The van der Waals surface area contributed by atoms with Gasteiger partial charge in [0.2, 0.25) is 0 Å². The van der Waals surface area contributed by atoms with Gasteiger partial charge in [0.15, 0.2) is 5.82 Å². The lowest BCUT2D eigenvalue weighted by atomic mass is 10.0. The van der Waals surface area contributed by atoms with Crippen LogP contribution in [0.15, 0.2) is 0 Å². The van der Waals surface area contributed by atoms with Gasteiger partial charge in [0.25, 0.3) is 0 Å². The molecule has 102 valence electrons. The molecule has 0 radical (unpaired) electrons. The lowest BCUT2D eigenvalue weighted by molar-refractivity contribution is 0.100. The summed E-state index contributed by atoms with van der Waals surface area (Å²) in [5, 5.41) is 15.3. The van der Waals surface area contributed by atoms with Crippen molar-refractivity contribution in [3.8, 4) is 0 Å². The topological polar surface area (TPSA) is 64.9 Å². The van der Waals surface area contributed by atoms with E-state index in [1.165, 1.54) is 0 Å². The zero-order chi connectivity index (χ0) is 13.0. The molecular weight excluding hydrogens is 230 g/mol. The van der Waals surface area contributed by atoms with Gasteiger partial charge in [-0.05, 0) is 36.2 Å². The number of nitrogens with one attached hydrogen (secondary N) is 1. The van der Waals surface area contributed by atoms with Crippen LogP contribution >= 0.6 is 0 Å². The highest BCUT2D eigenvalue weighted by Gasteiger charge is 2.25. The van der Waals surface area contributed by atoms with Crippen LogP contribution < -0.4 is 5.32 Å². The van der Waals surface area contributed by atoms with Crippen molar-refractivity contribution < 1.29 is 4.74 Å². The fourth-order valence-electron chi connectivity index (χ4n) is 2.20. The summed E-state index contributed by atoms with van der Waals surface area (Å²) >= 11 is 0. The van der Waals surface area contributed by atoms with Gasteiger partial charge in [-0.25, -0.2) is 4.68 Å². The fourth-order valence-corrected chi connectivity index (χ4v) is 2.20. The molecule has 0 aliphatic carbocycles. The molecule has 1 saturated heterocycles. The van der Waals surface area contributed by atoms with E-state index in [2.05, 4.69) is 41.6 Å². The Kier molecular flexibility index (Phi) is 4.66. The largest absolute Gasteiger partial charge is 0.378 e. The number of hydrogen-bond donors (Lipinski definition) is 1. The number of hydrogen-bond acceptors (Lipinski definition) is 5. The summed E-state index contributed by atoms with van der Waals surface area (Å²) in [7, 11) is 0. The number of tetrazole rings is 1. The first kappa shape index (κ1) is 13.4. The monoisotopic (exact) mass is 253 g/mol. The summed E-state index contributed by atoms with van der Waals surface area (Å²) in [5.74, 6) is 2.07. The maximum absolute atomic E-state index is 5.57. The second kappa shape index (κ2) is 6.24. The summed E-state index contributed by atoms with van der Waals surface area (Å²) in [6, 6.07) is 0. The van der Waals surface area contributed by atoms with Crippen LogP contribution in [-0.2, 0) is 17.8 Å². The highest BCUT2D eigenvalue weighted by Crippen LogP contribution is 2.21. The summed E-state index contributed by atoms with van der Waals surface area (Å²) in [6.07, 6.45) is 1.41. The van der Waals surface area contributed by atoms with Crippen molar-refractivity contribution in [1.82, 2.24) is 25.5 Å². The van der Waals surface area contributed by atoms with Crippen LogP contribution in [0.3, 0.4) is 0 Å². The molecule has 2 heterocycles. The van der Waals surface area contributed by atoms with Gasteiger partial charge in [0, 0.05) is 12.5 Å². The standard InChI is InChI=1S/C12H23N5O/c1-9(2)6-13-7-12-14-15-16-17(12)8-11-4-5-18-10(11)3/h9-11,13H,4-8H2,1-3H3. The molecule has 0 saturated carbocycles. The van der Waals surface area contributed by atoms with Crippen molar-refractivity contribution in [3.05, 3.63) is 5.82 Å². The van der Waals surface area contributed by atoms with Crippen LogP contribution in [0.25, 0.3) is 0 Å². The molecular formula is C12H23N5O. The Balaban J connectivity index is 1.87. The van der Waals surface area contributed by atoms with Gasteiger partial charge in [0.1, 0.15) is 0 Å². The molecule has 6 heteroatoms. The molecule has 2 unspecified atom stereocenters. The van der Waals surface area contributed by atoms with Gasteiger partial charge in [-0.2, -0.15) is 0 Å². The molecule has 1 aromatic rings. The van der Waals surface area contributed by atoms with Crippen LogP contribution in [0.5, 0.6) is 0 Å². The summed E-state index contributed by atoms with van der Waals surface area (Å²) < 4.78 is 7.48. The Hall–Kier alpha value is -1.01. The van der Waals surface area contributed by atoms with Gasteiger partial charge in [-0.1, -0.05) is 13.8 Å². The minimum atomic E-state index is 0.311. The smallest absolute Gasteiger partial charge is 0.165 e. The zero-order valence-corrected chi connectivity index (χ0v) is 11.5. The average molecular weight is 253 g/mol. The van der Waals surface area contributed by atoms with Crippen molar-refractivity contribution in [1.29, 1.82) is 0 Å². The molecule has 0 aromatic carbocycles. The quantitative estimate of drug-likeness (QED) is 0.814. The molecule has 1 aliphatic heterocycles. The molecule has 2 atom stereocenters. The van der Waals surface area contributed by atoms with E-state index in [1.807, 2.05) is 4.68 Å². The lowest BCUT2D eigenvalue weighted by Gasteiger charge is -2.14. The molecule has 18 heavy (non-hydrogen) atoms. The third-order valence-electron chi connectivity index (χ3n) is 3.38. The number of nitrogens with zero attached hydrogens (tertiary/aromatic N) is 4. The van der Waals surface area contributed by atoms with Gasteiger partial charge < -0.3 is 10.1 Å². The molecule has 0 spiro atoms. The summed E-state index contributed by atoms with van der Waals surface area (Å²) in [5.41, 5.74) is 0. The predicted octanol–water partition coefficient (Wildman–Crippen LogP) is 0.844. The van der Waals surface area contributed by atoms with Gasteiger partial charge >= 0.3 is 0 Å². The van der Waals surface area contributed by atoms with Crippen LogP contribution in [-0.4, -0.2) is 39.5 Å². The number of ether oxygens (including phenoxy) is 1. The SMILES string of the molecule is CC(C)CNCc1nnnn1CC1CCOC1C. The highest BCUT2D eigenvalue weighted by molar-refractivity contribution is 4.83. The van der Waals surface area contributed by atoms with Crippen molar-refractivity contribution in [2.75, 3.05) is 13.2 Å². The Labute approximate surface area is 108 Å². The molecule has 0 amide bonds. The van der Waals surface area contributed by atoms with E-state index in [4.69, 9.17) is 4.74 Å². The molecule has 1 aliphatic rings. The molecule has 2 rings (SSSR count). The van der Waals surface area contributed by atoms with Crippen molar-refractivity contribution in [3.63, 3.8) is 0 Å². The minimum absolute atomic E-state index is 0.311. The minimum Gasteiger partial charge on any atom is -0.378 e. The normalized spacial score (nSPS) is 24.0. The second-order valence-corrected chi connectivity index (χ2v) is 5.43. The molecule has 1 aromatic heterocycles. The lowest BCUT2D eigenvalue weighted by Crippen LogP contribution is -2.24. The van der Waals surface area contributed by atoms with Crippen molar-refractivity contribution in [2.24, 2.45) is 11.8 Å². The maximum Gasteiger partial charge on any atom is 0.165 e. The van der Waals surface area contributed by atoms with E-state index in [-0.39, 0.29) is 0 Å². The summed E-state index contributed by atoms with van der Waals surface area (Å²) in [6.45, 7) is 9.92. The first-order valence-corrected chi connectivity index (χ1v) is 6.74. The molecule has 1 N–H and O–H groups in total. The third kappa shape index (κ3) is 3.49. The zero-order valence-electron chi connectivity index (χ0n) is 11.5. The summed E-state index contributed by atoms with van der Waals surface area (Å²) in [4.78, 5) is 0. The van der Waals surface area contributed by atoms with Gasteiger partial charge in [-0.3, -0.25) is 0 Å². The fraction of sp³-hybridized carbons (Fsp3) is 0.917.